The van der Waals surface area contributed by atoms with Crippen LogP contribution in [-0.2, 0) is 29.7 Å². The van der Waals surface area contributed by atoms with E-state index < -0.39 is 5.41 Å². The first-order chi connectivity index (χ1) is 20.6. The summed E-state index contributed by atoms with van der Waals surface area (Å²) in [7, 11) is 3.25. The zero-order valence-electron chi connectivity index (χ0n) is 25.3. The molecule has 6 rings (SSSR count). The standard InChI is InChI=1S/C32H36N6O4S/c1-7-22-16-38(17-24-25(42-22)8-9-26(39)34-24)15-21-13-20(12-19-10-11-43-29(19)21)27(32(3,4)31(40)41-6)23-14-33-30-28(18(23)2)35-36-37(30)5/h8-14,22,27H,7,15-17H2,1-6H3,(H,34,39)/t22-,27+/m1/s1. The largest absolute Gasteiger partial charge is 0.487 e. The Morgan fingerprint density at radius 1 is 1.28 bits per heavy atom. The molecule has 1 aliphatic heterocycles. The van der Waals surface area contributed by atoms with Crippen molar-refractivity contribution < 1.29 is 14.3 Å². The zero-order valence-corrected chi connectivity index (χ0v) is 26.1. The Balaban J connectivity index is 1.48. The van der Waals surface area contributed by atoms with Gasteiger partial charge in [0.05, 0.1) is 18.2 Å². The van der Waals surface area contributed by atoms with E-state index in [1.165, 1.54) is 17.9 Å². The Morgan fingerprint density at radius 2 is 2.09 bits per heavy atom. The molecule has 0 fully saturated rings. The lowest BCUT2D eigenvalue weighted by Gasteiger charge is -2.34. The lowest BCUT2D eigenvalue weighted by Crippen LogP contribution is -2.34. The van der Waals surface area contributed by atoms with Crippen molar-refractivity contribution >= 4 is 38.6 Å². The third-order valence-corrected chi connectivity index (χ3v) is 9.59. The highest BCUT2D eigenvalue weighted by Crippen LogP contribution is 2.45. The van der Waals surface area contributed by atoms with Gasteiger partial charge < -0.3 is 14.5 Å². The molecule has 2 atom stereocenters. The summed E-state index contributed by atoms with van der Waals surface area (Å²) in [5.74, 6) is 0.0557. The number of aromatic nitrogens is 5. The van der Waals surface area contributed by atoms with E-state index in [9.17, 15) is 9.59 Å². The van der Waals surface area contributed by atoms with Crippen molar-refractivity contribution in [2.75, 3.05) is 13.7 Å². The van der Waals surface area contributed by atoms with Gasteiger partial charge in [-0.3, -0.25) is 14.5 Å². The van der Waals surface area contributed by atoms with E-state index >= 15 is 0 Å². The molecule has 0 saturated carbocycles. The number of pyridine rings is 2. The second kappa shape index (κ2) is 11.2. The number of aryl methyl sites for hydroxylation is 2. The maximum absolute atomic E-state index is 13.3. The number of benzene rings is 1. The molecule has 1 aliphatic rings. The second-order valence-corrected chi connectivity index (χ2v) is 12.8. The Bertz CT molecular complexity index is 1890. The molecule has 0 saturated heterocycles. The van der Waals surface area contributed by atoms with Gasteiger partial charge in [0.2, 0.25) is 5.56 Å². The molecule has 0 spiro atoms. The van der Waals surface area contributed by atoms with Gasteiger partial charge in [-0.25, -0.2) is 9.67 Å². The van der Waals surface area contributed by atoms with Gasteiger partial charge in [0.25, 0.3) is 0 Å². The first kappa shape index (κ1) is 29.0. The molecule has 224 valence electrons. The third kappa shape index (κ3) is 5.21. The molecular weight excluding hydrogens is 564 g/mol. The fourth-order valence-corrected chi connectivity index (χ4v) is 7.21. The fourth-order valence-electron chi connectivity index (χ4n) is 6.33. The van der Waals surface area contributed by atoms with E-state index in [1.54, 1.807) is 22.1 Å². The minimum atomic E-state index is -0.916. The van der Waals surface area contributed by atoms with Crippen LogP contribution in [0.25, 0.3) is 21.3 Å². The molecule has 1 N–H and O–H groups in total. The Morgan fingerprint density at radius 3 is 2.86 bits per heavy atom. The van der Waals surface area contributed by atoms with Crippen LogP contribution in [0.3, 0.4) is 0 Å². The number of nitrogens with one attached hydrogen (secondary N) is 1. The van der Waals surface area contributed by atoms with Gasteiger partial charge in [-0.05, 0) is 78.4 Å². The summed E-state index contributed by atoms with van der Waals surface area (Å²) in [4.78, 5) is 35.5. The van der Waals surface area contributed by atoms with Gasteiger partial charge in [-0.2, -0.15) is 0 Å². The first-order valence-electron chi connectivity index (χ1n) is 14.4. The van der Waals surface area contributed by atoms with Crippen molar-refractivity contribution in [3.05, 3.63) is 80.2 Å². The monoisotopic (exact) mass is 600 g/mol. The molecule has 0 unspecified atom stereocenters. The minimum Gasteiger partial charge on any atom is -0.487 e. The van der Waals surface area contributed by atoms with Crippen LogP contribution >= 0.6 is 11.3 Å². The number of carbonyl (C=O) groups excluding carboxylic acids is 1. The highest BCUT2D eigenvalue weighted by atomic mass is 32.1. The number of nitrogens with zero attached hydrogens (tertiary/aromatic N) is 5. The van der Waals surface area contributed by atoms with E-state index in [4.69, 9.17) is 14.5 Å². The topological polar surface area (TPSA) is 115 Å². The first-order valence-corrected chi connectivity index (χ1v) is 15.3. The molecule has 4 aromatic heterocycles. The van der Waals surface area contributed by atoms with Crippen LogP contribution in [0, 0.1) is 12.3 Å². The number of hydrogen-bond donors (Lipinski definition) is 1. The third-order valence-electron chi connectivity index (χ3n) is 8.58. The molecule has 5 aromatic rings. The lowest BCUT2D eigenvalue weighted by molar-refractivity contribution is -0.151. The summed E-state index contributed by atoms with van der Waals surface area (Å²) in [5, 5.41) is 11.8. The molecule has 5 heterocycles. The van der Waals surface area contributed by atoms with Gasteiger partial charge in [-0.15, -0.1) is 16.4 Å². The van der Waals surface area contributed by atoms with Crippen molar-refractivity contribution in [3.8, 4) is 5.75 Å². The molecule has 0 amide bonds. The molecule has 0 aliphatic carbocycles. The molecular formula is C32H36N6O4S. The van der Waals surface area contributed by atoms with Crippen molar-refractivity contribution in [1.82, 2.24) is 29.9 Å². The number of H-pyrrole nitrogens is 1. The van der Waals surface area contributed by atoms with Gasteiger partial charge in [-0.1, -0.05) is 18.2 Å². The Labute approximate surface area is 253 Å². The molecule has 10 nitrogen and oxygen atoms in total. The molecule has 11 heteroatoms. The summed E-state index contributed by atoms with van der Waals surface area (Å²) in [6.45, 7) is 9.89. The van der Waals surface area contributed by atoms with Crippen molar-refractivity contribution in [2.24, 2.45) is 12.5 Å². The quantitative estimate of drug-likeness (QED) is 0.257. The van der Waals surface area contributed by atoms with E-state index in [0.717, 1.165) is 45.5 Å². The summed E-state index contributed by atoms with van der Waals surface area (Å²) in [6, 6.07) is 9.80. The predicted octanol–water partition coefficient (Wildman–Crippen LogP) is 5.08. The average Bonchev–Trinajstić information content (AvgIpc) is 3.57. The van der Waals surface area contributed by atoms with Gasteiger partial charge in [0.15, 0.2) is 5.65 Å². The van der Waals surface area contributed by atoms with Crippen molar-refractivity contribution in [3.63, 3.8) is 0 Å². The second-order valence-electron chi connectivity index (χ2n) is 11.9. The fraction of sp³-hybridized carbons (Fsp3) is 0.406. The summed E-state index contributed by atoms with van der Waals surface area (Å²) >= 11 is 1.70. The Hall–Kier alpha value is -4.09. The number of carbonyl (C=O) groups is 1. The highest BCUT2D eigenvalue weighted by Gasteiger charge is 2.41. The van der Waals surface area contributed by atoms with Crippen LogP contribution in [0.15, 0.2) is 46.7 Å². The maximum atomic E-state index is 13.3. The summed E-state index contributed by atoms with van der Waals surface area (Å²) < 4.78 is 14.5. The number of ether oxygens (including phenoxy) is 2. The number of fused-ring (bicyclic) bond motifs is 3. The van der Waals surface area contributed by atoms with E-state index in [2.05, 4.69) is 50.7 Å². The maximum Gasteiger partial charge on any atom is 0.312 e. The normalized spacial score (nSPS) is 16.6. The molecule has 0 bridgehead atoms. The van der Waals surface area contributed by atoms with Crippen LogP contribution in [0.4, 0.5) is 0 Å². The van der Waals surface area contributed by atoms with Crippen molar-refractivity contribution in [1.29, 1.82) is 0 Å². The number of thiophene rings is 1. The molecule has 43 heavy (non-hydrogen) atoms. The SMILES string of the molecule is CC[C@@H]1CN(Cc2cc([C@@H](c3cnc4c(nnn4C)c3C)C(C)(C)C(=O)OC)cc3ccsc23)Cc2[nH]c(=O)ccc2O1. The van der Waals surface area contributed by atoms with Gasteiger partial charge in [0.1, 0.15) is 17.4 Å². The van der Waals surface area contributed by atoms with Crippen LogP contribution < -0.4 is 10.3 Å². The minimum absolute atomic E-state index is 0.00685. The average molecular weight is 601 g/mol. The van der Waals surface area contributed by atoms with Gasteiger partial charge in [0, 0.05) is 49.6 Å². The number of hydrogen-bond acceptors (Lipinski definition) is 9. The number of rotatable bonds is 7. The summed E-state index contributed by atoms with van der Waals surface area (Å²) in [6.07, 6.45) is 2.68. The van der Waals surface area contributed by atoms with Crippen LogP contribution in [0.2, 0.25) is 0 Å². The molecule has 1 aromatic carbocycles. The lowest BCUT2D eigenvalue weighted by atomic mass is 9.70. The molecule has 0 radical (unpaired) electrons. The Kier molecular flexibility index (Phi) is 7.55. The smallest absolute Gasteiger partial charge is 0.312 e. The van der Waals surface area contributed by atoms with Crippen LogP contribution in [-0.4, -0.2) is 55.6 Å². The van der Waals surface area contributed by atoms with Gasteiger partial charge >= 0.3 is 5.97 Å². The predicted molar refractivity (Wildman–Crippen MR) is 166 cm³/mol. The number of esters is 1. The highest BCUT2D eigenvalue weighted by molar-refractivity contribution is 7.17. The van der Waals surface area contributed by atoms with Crippen LogP contribution in [0.1, 0.15) is 61.1 Å². The summed E-state index contributed by atoms with van der Waals surface area (Å²) in [5.41, 5.74) is 5.12. The zero-order chi connectivity index (χ0) is 30.5. The number of aromatic amines is 1. The van der Waals surface area contributed by atoms with Crippen LogP contribution in [0.5, 0.6) is 5.75 Å². The van der Waals surface area contributed by atoms with Crippen molar-refractivity contribution in [2.45, 2.75) is 59.2 Å². The number of methoxy groups -OCH3 is 1. The van der Waals surface area contributed by atoms with E-state index in [-0.39, 0.29) is 23.6 Å². The van der Waals surface area contributed by atoms with E-state index in [1.807, 2.05) is 34.0 Å². The van der Waals surface area contributed by atoms with E-state index in [0.29, 0.717) is 30.8 Å².